The maximum absolute atomic E-state index is 8.25. The highest BCUT2D eigenvalue weighted by Crippen LogP contribution is 2.66. The van der Waals surface area contributed by atoms with E-state index in [-0.39, 0.29) is 0 Å². The molecule has 0 bridgehead atoms. The molecule has 3 fully saturated rings. The predicted molar refractivity (Wildman–Crippen MR) is 105 cm³/mol. The van der Waals surface area contributed by atoms with E-state index in [0.717, 1.165) is 23.5 Å². The fraction of sp³-hybridized carbons (Fsp3) is 0.870. The van der Waals surface area contributed by atoms with Crippen LogP contribution in [-0.2, 0) is 0 Å². The highest BCUT2D eigenvalue weighted by molar-refractivity contribution is 5.82. The first-order valence-corrected chi connectivity index (χ1v) is 10.7. The standard InChI is InChI=1S/C21H33N.C2H6/c1-14(22)17-9-10-18-16-8-7-15-6-4-5-12-20(15,2)19(16)11-13-21(17,18)3;1-2/h6,16-19,22H,4-5,7-13H2,1-3H3;1-2H3. The van der Waals surface area contributed by atoms with Gasteiger partial charge in [0.2, 0.25) is 0 Å². The van der Waals surface area contributed by atoms with Gasteiger partial charge in [-0.2, -0.15) is 0 Å². The van der Waals surface area contributed by atoms with Crippen LogP contribution in [0.4, 0.5) is 0 Å². The van der Waals surface area contributed by atoms with E-state index >= 15 is 0 Å². The van der Waals surface area contributed by atoms with Crippen molar-refractivity contribution >= 4 is 5.71 Å². The van der Waals surface area contributed by atoms with Crippen LogP contribution in [0.25, 0.3) is 0 Å². The van der Waals surface area contributed by atoms with Crippen LogP contribution in [0.3, 0.4) is 0 Å². The average molecular weight is 330 g/mol. The van der Waals surface area contributed by atoms with Crippen molar-refractivity contribution in [2.75, 3.05) is 0 Å². The summed E-state index contributed by atoms with van der Waals surface area (Å²) in [6.45, 7) is 11.2. The number of allylic oxidation sites excluding steroid dienone is 2. The van der Waals surface area contributed by atoms with E-state index in [0.29, 0.717) is 16.7 Å². The third-order valence-corrected chi connectivity index (χ3v) is 8.55. The minimum absolute atomic E-state index is 0.444. The molecule has 1 nitrogen and oxygen atoms in total. The van der Waals surface area contributed by atoms with E-state index in [9.17, 15) is 0 Å². The summed E-state index contributed by atoms with van der Waals surface area (Å²) in [6, 6.07) is 0. The Hall–Kier alpha value is -0.590. The summed E-state index contributed by atoms with van der Waals surface area (Å²) in [6.07, 6.45) is 15.1. The van der Waals surface area contributed by atoms with Crippen molar-refractivity contribution in [2.45, 2.75) is 92.4 Å². The second-order valence-electron chi connectivity index (χ2n) is 9.31. The van der Waals surface area contributed by atoms with Crippen LogP contribution < -0.4 is 0 Å². The van der Waals surface area contributed by atoms with E-state index in [1.165, 1.54) is 57.8 Å². The summed E-state index contributed by atoms with van der Waals surface area (Å²) in [4.78, 5) is 0. The van der Waals surface area contributed by atoms with Gasteiger partial charge in [0.25, 0.3) is 0 Å². The Morgan fingerprint density at radius 1 is 1.04 bits per heavy atom. The lowest BCUT2D eigenvalue weighted by molar-refractivity contribution is -0.0431. The fourth-order valence-corrected chi connectivity index (χ4v) is 7.47. The molecule has 1 heteroatoms. The lowest BCUT2D eigenvalue weighted by Gasteiger charge is -2.58. The van der Waals surface area contributed by atoms with Gasteiger partial charge < -0.3 is 5.41 Å². The lowest BCUT2D eigenvalue weighted by atomic mass is 9.47. The topological polar surface area (TPSA) is 23.9 Å². The van der Waals surface area contributed by atoms with E-state index in [1.807, 2.05) is 19.4 Å². The molecule has 4 aliphatic carbocycles. The second-order valence-corrected chi connectivity index (χ2v) is 9.31. The molecule has 0 radical (unpaired) electrons. The van der Waals surface area contributed by atoms with Crippen molar-refractivity contribution in [2.24, 2.45) is 34.5 Å². The molecule has 0 saturated heterocycles. The minimum Gasteiger partial charge on any atom is -0.310 e. The Morgan fingerprint density at radius 3 is 2.50 bits per heavy atom. The van der Waals surface area contributed by atoms with Crippen molar-refractivity contribution in [1.29, 1.82) is 5.41 Å². The van der Waals surface area contributed by atoms with Gasteiger partial charge in [-0.05, 0) is 93.3 Å². The van der Waals surface area contributed by atoms with Gasteiger partial charge in [0.05, 0.1) is 0 Å². The molecule has 6 unspecified atom stereocenters. The molecule has 24 heavy (non-hydrogen) atoms. The van der Waals surface area contributed by atoms with E-state index in [1.54, 1.807) is 0 Å². The Labute approximate surface area is 150 Å². The molecule has 0 amide bonds. The van der Waals surface area contributed by atoms with Crippen molar-refractivity contribution < 1.29 is 0 Å². The summed E-state index contributed by atoms with van der Waals surface area (Å²) >= 11 is 0. The summed E-state index contributed by atoms with van der Waals surface area (Å²) in [7, 11) is 0. The van der Waals surface area contributed by atoms with Gasteiger partial charge in [0.15, 0.2) is 0 Å². The van der Waals surface area contributed by atoms with Gasteiger partial charge in [0.1, 0.15) is 0 Å². The Kier molecular flexibility index (Phi) is 5.02. The Morgan fingerprint density at radius 2 is 1.79 bits per heavy atom. The van der Waals surface area contributed by atoms with E-state index < -0.39 is 0 Å². The summed E-state index contributed by atoms with van der Waals surface area (Å²) in [5, 5.41) is 8.25. The highest BCUT2D eigenvalue weighted by atomic mass is 14.6. The van der Waals surface area contributed by atoms with E-state index in [2.05, 4.69) is 26.8 Å². The van der Waals surface area contributed by atoms with Crippen LogP contribution in [0, 0.1) is 39.9 Å². The number of rotatable bonds is 1. The molecule has 6 atom stereocenters. The molecular weight excluding hydrogens is 290 g/mol. The second kappa shape index (κ2) is 6.61. The normalized spacial score (nSPS) is 46.6. The van der Waals surface area contributed by atoms with Gasteiger partial charge in [-0.3, -0.25) is 0 Å². The molecule has 0 aromatic carbocycles. The number of hydrogen-bond donors (Lipinski definition) is 1. The molecule has 0 spiro atoms. The Bertz CT molecular complexity index is 518. The number of nitrogens with one attached hydrogen (secondary N) is 1. The fourth-order valence-electron chi connectivity index (χ4n) is 7.47. The van der Waals surface area contributed by atoms with Gasteiger partial charge in [-0.15, -0.1) is 0 Å². The SMILES string of the molecule is CC.CC(=N)C1CCC2C3CCC4=CCCCC4(C)C3CCC12C. The summed E-state index contributed by atoms with van der Waals surface area (Å²) in [5.74, 6) is 3.37. The maximum atomic E-state index is 8.25. The molecular formula is C23H39N. The first-order chi connectivity index (χ1) is 11.5. The predicted octanol–water partition coefficient (Wildman–Crippen LogP) is 7.02. The molecule has 0 aromatic heterocycles. The Balaban J connectivity index is 0.000000815. The molecule has 4 aliphatic rings. The minimum atomic E-state index is 0.444. The van der Waals surface area contributed by atoms with Gasteiger partial charge in [0, 0.05) is 11.6 Å². The smallest absolute Gasteiger partial charge is 0.00946 e. The average Bonchev–Trinajstić information content (AvgIpc) is 2.93. The zero-order chi connectivity index (χ0) is 17.5. The third kappa shape index (κ3) is 2.53. The van der Waals surface area contributed by atoms with Crippen molar-refractivity contribution in [3.8, 4) is 0 Å². The zero-order valence-electron chi connectivity index (χ0n) is 16.8. The van der Waals surface area contributed by atoms with Crippen LogP contribution in [0.2, 0.25) is 0 Å². The molecule has 3 saturated carbocycles. The number of fused-ring (bicyclic) bond motifs is 5. The van der Waals surface area contributed by atoms with Crippen LogP contribution in [0.15, 0.2) is 11.6 Å². The van der Waals surface area contributed by atoms with Crippen LogP contribution >= 0.6 is 0 Å². The molecule has 1 N–H and O–H groups in total. The van der Waals surface area contributed by atoms with Crippen LogP contribution in [0.1, 0.15) is 92.4 Å². The van der Waals surface area contributed by atoms with Crippen molar-refractivity contribution in [1.82, 2.24) is 0 Å². The van der Waals surface area contributed by atoms with Crippen LogP contribution in [0.5, 0.6) is 0 Å². The summed E-state index contributed by atoms with van der Waals surface area (Å²) < 4.78 is 0. The monoisotopic (exact) mass is 329 g/mol. The first kappa shape index (κ1) is 18.2. The summed E-state index contributed by atoms with van der Waals surface area (Å²) in [5.41, 5.74) is 3.75. The van der Waals surface area contributed by atoms with Crippen molar-refractivity contribution in [3.63, 3.8) is 0 Å². The molecule has 0 aromatic rings. The van der Waals surface area contributed by atoms with Gasteiger partial charge in [-0.25, -0.2) is 0 Å². The quantitative estimate of drug-likeness (QED) is 0.395. The van der Waals surface area contributed by atoms with Gasteiger partial charge in [-0.1, -0.05) is 39.3 Å². The van der Waals surface area contributed by atoms with E-state index in [4.69, 9.17) is 5.41 Å². The first-order valence-electron chi connectivity index (χ1n) is 10.7. The van der Waals surface area contributed by atoms with Crippen LogP contribution in [-0.4, -0.2) is 5.71 Å². The highest BCUT2D eigenvalue weighted by Gasteiger charge is 2.58. The van der Waals surface area contributed by atoms with Crippen molar-refractivity contribution in [3.05, 3.63) is 11.6 Å². The largest absolute Gasteiger partial charge is 0.310 e. The zero-order valence-corrected chi connectivity index (χ0v) is 16.8. The molecule has 0 aliphatic heterocycles. The molecule has 0 heterocycles. The molecule has 136 valence electrons. The molecule has 4 rings (SSSR count). The maximum Gasteiger partial charge on any atom is 0.00946 e. The lowest BCUT2D eigenvalue weighted by Crippen LogP contribution is -2.50. The number of hydrogen-bond acceptors (Lipinski definition) is 1. The third-order valence-electron chi connectivity index (χ3n) is 8.55. The van der Waals surface area contributed by atoms with Gasteiger partial charge >= 0.3 is 0 Å².